The molecule has 1 aliphatic rings. The lowest BCUT2D eigenvalue weighted by Crippen LogP contribution is -2.25. The normalized spacial score (nSPS) is 18.9. The summed E-state index contributed by atoms with van der Waals surface area (Å²) in [6, 6.07) is 0. The molecule has 0 aromatic rings. The maximum atomic E-state index is 5.78. The molecule has 0 unspecified atom stereocenters. The zero-order valence-corrected chi connectivity index (χ0v) is 10.4. The molecule has 1 rings (SSSR count). The molecule has 0 spiro atoms. The Balaban J connectivity index is 1.93. The van der Waals surface area contributed by atoms with Crippen molar-refractivity contribution < 1.29 is 0 Å². The van der Waals surface area contributed by atoms with Gasteiger partial charge in [0.15, 0.2) is 0 Å². The molecule has 1 saturated carbocycles. The van der Waals surface area contributed by atoms with Crippen LogP contribution in [-0.4, -0.2) is 19.0 Å². The monoisotopic (exact) mass is 217 g/mol. The molecule has 1 N–H and O–H groups in total. The lowest BCUT2D eigenvalue weighted by Gasteiger charge is -2.14. The van der Waals surface area contributed by atoms with Gasteiger partial charge >= 0.3 is 0 Å². The Morgan fingerprint density at radius 2 is 2.07 bits per heavy atom. The number of nitrogens with one attached hydrogen (secondary N) is 1. The molecule has 0 saturated heterocycles. The van der Waals surface area contributed by atoms with Gasteiger partial charge in [0.1, 0.15) is 0 Å². The zero-order valence-electron chi connectivity index (χ0n) is 9.61. The Bertz CT molecular complexity index is 152. The van der Waals surface area contributed by atoms with Gasteiger partial charge in [0, 0.05) is 12.4 Å². The average Bonchev–Trinajstić information content (AvgIpc) is 2.85. The molecule has 1 nitrogen and oxygen atoms in total. The molecule has 0 aromatic heterocycles. The van der Waals surface area contributed by atoms with E-state index in [1.165, 1.54) is 45.2 Å². The lowest BCUT2D eigenvalue weighted by molar-refractivity contribution is 0.433. The van der Waals surface area contributed by atoms with Crippen LogP contribution < -0.4 is 5.32 Å². The smallest absolute Gasteiger partial charge is 0.0229 e. The van der Waals surface area contributed by atoms with Crippen LogP contribution in [0.2, 0.25) is 0 Å². The minimum Gasteiger partial charge on any atom is -0.316 e. The Morgan fingerprint density at radius 3 is 2.57 bits per heavy atom. The van der Waals surface area contributed by atoms with E-state index in [0.29, 0.717) is 5.41 Å². The van der Waals surface area contributed by atoms with Crippen LogP contribution in [0.1, 0.15) is 46.0 Å². The van der Waals surface area contributed by atoms with E-state index in [1.807, 2.05) is 0 Å². The van der Waals surface area contributed by atoms with Crippen LogP contribution in [0, 0.1) is 11.3 Å². The zero-order chi connectivity index (χ0) is 10.4. The minimum atomic E-state index is 0.597. The van der Waals surface area contributed by atoms with Gasteiger partial charge in [-0.15, -0.1) is 11.6 Å². The van der Waals surface area contributed by atoms with Crippen molar-refractivity contribution in [3.8, 4) is 0 Å². The third-order valence-corrected chi connectivity index (χ3v) is 3.41. The first kappa shape index (κ1) is 12.3. The molecule has 1 aliphatic carbocycles. The Hall–Kier alpha value is 0.250. The summed E-state index contributed by atoms with van der Waals surface area (Å²) in [5.74, 6) is 1.67. The Morgan fingerprint density at radius 1 is 1.36 bits per heavy atom. The van der Waals surface area contributed by atoms with E-state index in [1.54, 1.807) is 0 Å². The fraction of sp³-hybridized carbons (Fsp3) is 1.00. The summed E-state index contributed by atoms with van der Waals surface area (Å²) in [5.41, 5.74) is 0.597. The standard InChI is InChI=1S/C12H24ClN/c1-11(2)4-3-9-14-10-12(5-6-12)7-8-13/h11,14H,3-10H2,1-2H3. The highest BCUT2D eigenvalue weighted by molar-refractivity contribution is 6.17. The topological polar surface area (TPSA) is 12.0 Å². The molecule has 1 fully saturated rings. The fourth-order valence-corrected chi connectivity index (χ4v) is 2.28. The van der Waals surface area contributed by atoms with Crippen LogP contribution in [0.25, 0.3) is 0 Å². The van der Waals surface area contributed by atoms with Gasteiger partial charge in [0.05, 0.1) is 0 Å². The predicted molar refractivity (Wildman–Crippen MR) is 63.9 cm³/mol. The average molecular weight is 218 g/mol. The van der Waals surface area contributed by atoms with Crippen molar-refractivity contribution in [3.63, 3.8) is 0 Å². The molecule has 0 aromatic carbocycles. The van der Waals surface area contributed by atoms with E-state index in [4.69, 9.17) is 11.6 Å². The molecular weight excluding hydrogens is 194 g/mol. The summed E-state index contributed by atoms with van der Waals surface area (Å²) in [7, 11) is 0. The second-order valence-corrected chi connectivity index (χ2v) is 5.53. The van der Waals surface area contributed by atoms with Gasteiger partial charge < -0.3 is 5.32 Å². The van der Waals surface area contributed by atoms with Crippen molar-refractivity contribution in [1.29, 1.82) is 0 Å². The van der Waals surface area contributed by atoms with Crippen molar-refractivity contribution in [2.24, 2.45) is 11.3 Å². The van der Waals surface area contributed by atoms with Gasteiger partial charge in [-0.05, 0) is 50.0 Å². The highest BCUT2D eigenvalue weighted by Gasteiger charge is 2.40. The van der Waals surface area contributed by atoms with Crippen molar-refractivity contribution >= 4 is 11.6 Å². The highest BCUT2D eigenvalue weighted by Crippen LogP contribution is 2.48. The van der Waals surface area contributed by atoms with Crippen LogP contribution in [0.4, 0.5) is 0 Å². The summed E-state index contributed by atoms with van der Waals surface area (Å²) < 4.78 is 0. The van der Waals surface area contributed by atoms with Gasteiger partial charge in [-0.25, -0.2) is 0 Å². The quantitative estimate of drug-likeness (QED) is 0.485. The summed E-state index contributed by atoms with van der Waals surface area (Å²) in [4.78, 5) is 0. The Labute approximate surface area is 93.6 Å². The lowest BCUT2D eigenvalue weighted by atomic mass is 10.0. The van der Waals surface area contributed by atoms with Crippen LogP contribution >= 0.6 is 11.6 Å². The molecule has 0 amide bonds. The van der Waals surface area contributed by atoms with Crippen molar-refractivity contribution in [1.82, 2.24) is 5.32 Å². The van der Waals surface area contributed by atoms with Crippen molar-refractivity contribution in [3.05, 3.63) is 0 Å². The fourth-order valence-electron chi connectivity index (χ4n) is 1.88. The van der Waals surface area contributed by atoms with E-state index >= 15 is 0 Å². The van der Waals surface area contributed by atoms with E-state index in [2.05, 4.69) is 19.2 Å². The van der Waals surface area contributed by atoms with E-state index in [-0.39, 0.29) is 0 Å². The van der Waals surface area contributed by atoms with Gasteiger partial charge in [-0.1, -0.05) is 13.8 Å². The molecule has 84 valence electrons. The maximum Gasteiger partial charge on any atom is 0.0229 e. The maximum absolute atomic E-state index is 5.78. The molecule has 14 heavy (non-hydrogen) atoms. The van der Waals surface area contributed by atoms with E-state index in [0.717, 1.165) is 11.8 Å². The number of hydrogen-bond acceptors (Lipinski definition) is 1. The number of halogens is 1. The molecule has 2 heteroatoms. The van der Waals surface area contributed by atoms with Crippen LogP contribution in [0.5, 0.6) is 0 Å². The second-order valence-electron chi connectivity index (χ2n) is 5.15. The summed E-state index contributed by atoms with van der Waals surface area (Å²) >= 11 is 5.78. The Kier molecular flexibility index (Phi) is 5.25. The molecular formula is C12H24ClN. The van der Waals surface area contributed by atoms with E-state index in [9.17, 15) is 0 Å². The number of rotatable bonds is 8. The third-order valence-electron chi connectivity index (χ3n) is 3.22. The number of alkyl halides is 1. The first-order valence-electron chi connectivity index (χ1n) is 5.95. The molecule has 0 heterocycles. The first-order valence-corrected chi connectivity index (χ1v) is 6.49. The molecule has 0 aliphatic heterocycles. The summed E-state index contributed by atoms with van der Waals surface area (Å²) in [5, 5.41) is 3.57. The van der Waals surface area contributed by atoms with Gasteiger partial charge in [0.2, 0.25) is 0 Å². The van der Waals surface area contributed by atoms with Crippen molar-refractivity contribution in [2.45, 2.75) is 46.0 Å². The van der Waals surface area contributed by atoms with Crippen LogP contribution in [0.15, 0.2) is 0 Å². The highest BCUT2D eigenvalue weighted by atomic mass is 35.5. The van der Waals surface area contributed by atoms with Gasteiger partial charge in [-0.2, -0.15) is 0 Å². The third kappa shape index (κ3) is 4.65. The largest absolute Gasteiger partial charge is 0.316 e. The van der Waals surface area contributed by atoms with Gasteiger partial charge in [0.25, 0.3) is 0 Å². The van der Waals surface area contributed by atoms with Gasteiger partial charge in [-0.3, -0.25) is 0 Å². The molecule has 0 radical (unpaired) electrons. The van der Waals surface area contributed by atoms with Crippen molar-refractivity contribution in [2.75, 3.05) is 19.0 Å². The van der Waals surface area contributed by atoms with Crippen LogP contribution in [0.3, 0.4) is 0 Å². The second kappa shape index (κ2) is 5.97. The SMILES string of the molecule is CC(C)CCCNCC1(CCCl)CC1. The van der Waals surface area contributed by atoms with E-state index < -0.39 is 0 Å². The molecule has 0 bridgehead atoms. The summed E-state index contributed by atoms with van der Waals surface area (Å²) in [6.45, 7) is 6.95. The minimum absolute atomic E-state index is 0.597. The number of hydrogen-bond donors (Lipinski definition) is 1. The van der Waals surface area contributed by atoms with Crippen LogP contribution in [-0.2, 0) is 0 Å². The first-order chi connectivity index (χ1) is 6.68. The molecule has 0 atom stereocenters. The predicted octanol–water partition coefficient (Wildman–Crippen LogP) is 3.42. The summed E-state index contributed by atoms with van der Waals surface area (Å²) in [6.07, 6.45) is 6.63.